The lowest BCUT2D eigenvalue weighted by Crippen LogP contribution is -2.50. The quantitative estimate of drug-likeness (QED) is 0.554. The van der Waals surface area contributed by atoms with Gasteiger partial charge < -0.3 is 4.90 Å². The number of H-pyrrole nitrogens is 1. The van der Waals surface area contributed by atoms with Gasteiger partial charge in [-0.05, 0) is 56.6 Å². The second-order valence-corrected chi connectivity index (χ2v) is 8.52. The minimum Gasteiger partial charge on any atom is -0.367 e. The summed E-state index contributed by atoms with van der Waals surface area (Å²) in [5.74, 6) is 0. The van der Waals surface area contributed by atoms with Gasteiger partial charge in [0.05, 0.1) is 34.3 Å². The number of fused-ring (bicyclic) bond motifs is 2. The highest BCUT2D eigenvalue weighted by atomic mass is 15.3. The molecule has 2 fully saturated rings. The predicted molar refractivity (Wildman–Crippen MR) is 122 cm³/mol. The molecule has 4 aromatic heterocycles. The largest absolute Gasteiger partial charge is 0.367 e. The van der Waals surface area contributed by atoms with E-state index in [-0.39, 0.29) is 0 Å². The molecule has 6 rings (SSSR count). The van der Waals surface area contributed by atoms with Crippen molar-refractivity contribution in [1.29, 1.82) is 0 Å². The van der Waals surface area contributed by atoms with Crippen LogP contribution < -0.4 is 4.90 Å². The van der Waals surface area contributed by atoms with Crippen LogP contribution in [0.15, 0.2) is 48.8 Å². The molecule has 1 atom stereocenters. The van der Waals surface area contributed by atoms with E-state index in [9.17, 15) is 0 Å². The molecule has 0 aliphatic carbocycles. The normalized spacial score (nSPS) is 19.1. The molecule has 0 bridgehead atoms. The lowest BCUT2D eigenvalue weighted by atomic mass is 10.1. The summed E-state index contributed by atoms with van der Waals surface area (Å²) in [6.07, 6.45) is 6.51. The fraction of sp³-hybridized carbons (Fsp3) is 0.333. The van der Waals surface area contributed by atoms with E-state index in [0.29, 0.717) is 6.04 Å². The van der Waals surface area contributed by atoms with Crippen molar-refractivity contribution in [3.05, 3.63) is 54.5 Å². The predicted octanol–water partition coefficient (Wildman–Crippen LogP) is 3.67. The van der Waals surface area contributed by atoms with Crippen molar-refractivity contribution in [2.24, 2.45) is 0 Å². The van der Waals surface area contributed by atoms with Gasteiger partial charge in [0.25, 0.3) is 0 Å². The molecular weight excluding hydrogens is 386 g/mol. The molecule has 1 N–H and O–H groups in total. The van der Waals surface area contributed by atoms with Gasteiger partial charge in [0.1, 0.15) is 5.69 Å². The summed E-state index contributed by atoms with van der Waals surface area (Å²) in [6, 6.07) is 12.9. The Morgan fingerprint density at radius 2 is 1.97 bits per heavy atom. The summed E-state index contributed by atoms with van der Waals surface area (Å²) in [5.41, 5.74) is 7.44. The molecular formula is C24H25N7. The highest BCUT2D eigenvalue weighted by molar-refractivity contribution is 5.84. The van der Waals surface area contributed by atoms with Gasteiger partial charge in [-0.15, -0.1) is 0 Å². The number of nitrogens with zero attached hydrogens (tertiary/aromatic N) is 6. The van der Waals surface area contributed by atoms with Gasteiger partial charge in [-0.25, -0.2) is 4.98 Å². The minimum absolute atomic E-state index is 0.680. The van der Waals surface area contributed by atoms with Crippen LogP contribution in [-0.2, 0) is 0 Å². The molecule has 2 aliphatic heterocycles. The number of pyridine rings is 3. The van der Waals surface area contributed by atoms with Crippen LogP contribution in [0.3, 0.4) is 0 Å². The number of rotatable bonds is 3. The number of hydrogen-bond donors (Lipinski definition) is 1. The summed E-state index contributed by atoms with van der Waals surface area (Å²) in [6.45, 7) is 6.51. The Morgan fingerprint density at radius 1 is 1.00 bits per heavy atom. The van der Waals surface area contributed by atoms with E-state index < -0.39 is 0 Å². The second-order valence-electron chi connectivity index (χ2n) is 8.52. The smallest absolute Gasteiger partial charge is 0.120 e. The first-order valence-electron chi connectivity index (χ1n) is 11.0. The first-order valence-corrected chi connectivity index (χ1v) is 11.0. The zero-order chi connectivity index (χ0) is 20.8. The average Bonchev–Trinajstić information content (AvgIpc) is 3.47. The molecule has 2 saturated heterocycles. The van der Waals surface area contributed by atoms with Crippen molar-refractivity contribution in [3.63, 3.8) is 0 Å². The molecule has 0 aromatic carbocycles. The monoisotopic (exact) mass is 411 g/mol. The van der Waals surface area contributed by atoms with Crippen molar-refractivity contribution in [2.75, 3.05) is 31.1 Å². The fourth-order valence-electron chi connectivity index (χ4n) is 4.90. The van der Waals surface area contributed by atoms with E-state index in [0.717, 1.165) is 64.7 Å². The van der Waals surface area contributed by atoms with Gasteiger partial charge in [-0.3, -0.25) is 20.0 Å². The topological polar surface area (TPSA) is 73.8 Å². The van der Waals surface area contributed by atoms with Gasteiger partial charge in [0.15, 0.2) is 0 Å². The van der Waals surface area contributed by atoms with Crippen LogP contribution in [0.25, 0.3) is 33.7 Å². The Balaban J connectivity index is 1.35. The first kappa shape index (κ1) is 18.4. The van der Waals surface area contributed by atoms with Crippen molar-refractivity contribution in [2.45, 2.75) is 25.8 Å². The standard InChI is InChI=1S/C24H25N7/c1-16-4-2-6-22(27-16)24-19(14-26-29-24)20-7-8-21-23(28-20)12-18(13-25-21)31-11-10-30-9-3-5-17(30)15-31/h2,4,6-8,12-14,17H,3,5,9-11,15H2,1H3,(H,26,29). The van der Waals surface area contributed by atoms with E-state index in [1.807, 2.05) is 49.6 Å². The number of piperazine rings is 1. The van der Waals surface area contributed by atoms with Crippen molar-refractivity contribution < 1.29 is 0 Å². The number of aromatic amines is 1. The Kier molecular flexibility index (Phi) is 4.42. The molecule has 7 nitrogen and oxygen atoms in total. The Morgan fingerprint density at radius 3 is 2.90 bits per heavy atom. The molecule has 1 unspecified atom stereocenters. The van der Waals surface area contributed by atoms with Crippen LogP contribution in [0, 0.1) is 6.92 Å². The zero-order valence-corrected chi connectivity index (χ0v) is 17.6. The molecule has 0 spiro atoms. The lowest BCUT2D eigenvalue weighted by molar-refractivity contribution is 0.231. The summed E-state index contributed by atoms with van der Waals surface area (Å²) in [7, 11) is 0. The third-order valence-corrected chi connectivity index (χ3v) is 6.52. The van der Waals surface area contributed by atoms with Gasteiger partial charge in [-0.1, -0.05) is 6.07 Å². The lowest BCUT2D eigenvalue weighted by Gasteiger charge is -2.38. The van der Waals surface area contributed by atoms with Crippen molar-refractivity contribution in [1.82, 2.24) is 30.0 Å². The molecule has 4 aromatic rings. The molecule has 0 amide bonds. The van der Waals surface area contributed by atoms with E-state index in [4.69, 9.17) is 9.97 Å². The van der Waals surface area contributed by atoms with E-state index in [2.05, 4.69) is 31.0 Å². The Bertz CT molecular complexity index is 1250. The summed E-state index contributed by atoms with van der Waals surface area (Å²) in [4.78, 5) is 19.4. The number of aryl methyl sites for hydroxylation is 1. The van der Waals surface area contributed by atoms with Crippen LogP contribution >= 0.6 is 0 Å². The van der Waals surface area contributed by atoms with Gasteiger partial charge in [0, 0.05) is 43.1 Å². The summed E-state index contributed by atoms with van der Waals surface area (Å²) >= 11 is 0. The fourth-order valence-corrected chi connectivity index (χ4v) is 4.90. The third-order valence-electron chi connectivity index (χ3n) is 6.52. The molecule has 0 saturated carbocycles. The van der Waals surface area contributed by atoms with Crippen molar-refractivity contribution in [3.8, 4) is 22.6 Å². The van der Waals surface area contributed by atoms with Crippen LogP contribution in [0.2, 0.25) is 0 Å². The molecule has 156 valence electrons. The van der Waals surface area contributed by atoms with Crippen LogP contribution in [0.1, 0.15) is 18.5 Å². The summed E-state index contributed by atoms with van der Waals surface area (Å²) < 4.78 is 0. The van der Waals surface area contributed by atoms with Gasteiger partial charge >= 0.3 is 0 Å². The molecule has 7 heteroatoms. The van der Waals surface area contributed by atoms with Crippen LogP contribution in [0.4, 0.5) is 5.69 Å². The molecule has 31 heavy (non-hydrogen) atoms. The molecule has 2 aliphatic rings. The van der Waals surface area contributed by atoms with E-state index >= 15 is 0 Å². The highest BCUT2D eigenvalue weighted by Crippen LogP contribution is 2.30. The third kappa shape index (κ3) is 3.35. The minimum atomic E-state index is 0.680. The Hall–Kier alpha value is -3.32. The number of hydrogen-bond acceptors (Lipinski definition) is 6. The second kappa shape index (κ2) is 7.42. The number of aromatic nitrogens is 5. The zero-order valence-electron chi connectivity index (χ0n) is 17.6. The summed E-state index contributed by atoms with van der Waals surface area (Å²) in [5, 5.41) is 7.44. The SMILES string of the molecule is Cc1cccc(-c2n[nH]cc2-c2ccc3ncc(N4CCN5CCCC5C4)cc3n2)n1. The van der Waals surface area contributed by atoms with Crippen molar-refractivity contribution >= 4 is 16.7 Å². The first-order chi connectivity index (χ1) is 15.2. The van der Waals surface area contributed by atoms with Gasteiger partial charge in [0.2, 0.25) is 0 Å². The number of anilines is 1. The maximum absolute atomic E-state index is 4.96. The average molecular weight is 412 g/mol. The maximum Gasteiger partial charge on any atom is 0.120 e. The maximum atomic E-state index is 4.96. The van der Waals surface area contributed by atoms with Gasteiger partial charge in [-0.2, -0.15) is 5.10 Å². The van der Waals surface area contributed by atoms with E-state index in [1.54, 1.807) is 0 Å². The number of nitrogens with one attached hydrogen (secondary N) is 1. The van der Waals surface area contributed by atoms with Crippen LogP contribution in [-0.4, -0.2) is 62.3 Å². The molecule has 6 heterocycles. The van der Waals surface area contributed by atoms with Crippen LogP contribution in [0.5, 0.6) is 0 Å². The van der Waals surface area contributed by atoms with E-state index in [1.165, 1.54) is 19.4 Å². The Labute approximate surface area is 181 Å². The molecule has 0 radical (unpaired) electrons. The highest BCUT2D eigenvalue weighted by Gasteiger charge is 2.30.